The molecule has 0 spiro atoms. The lowest BCUT2D eigenvalue weighted by Gasteiger charge is -2.20. The summed E-state index contributed by atoms with van der Waals surface area (Å²) in [6.07, 6.45) is 0. The van der Waals surface area contributed by atoms with Gasteiger partial charge in [-0.1, -0.05) is 13.8 Å². The number of H-pyrrole nitrogens is 1. The van der Waals surface area contributed by atoms with E-state index in [0.717, 1.165) is 0 Å². The Morgan fingerprint density at radius 2 is 2.31 bits per heavy atom. The van der Waals surface area contributed by atoms with Gasteiger partial charge < -0.3 is 9.84 Å². The number of hydrogen-bond acceptors (Lipinski definition) is 5. The van der Waals surface area contributed by atoms with Crippen molar-refractivity contribution in [2.75, 3.05) is 7.11 Å². The molecule has 2 N–H and O–H groups in total. The maximum absolute atomic E-state index is 11.7. The molecule has 0 saturated carbocycles. The Morgan fingerprint density at radius 1 is 1.69 bits per heavy atom. The van der Waals surface area contributed by atoms with Gasteiger partial charge in [0.1, 0.15) is 12.6 Å². The summed E-state index contributed by atoms with van der Waals surface area (Å²) >= 11 is 5.03. The van der Waals surface area contributed by atoms with Crippen molar-refractivity contribution in [3.63, 3.8) is 0 Å². The average Bonchev–Trinajstić information content (AvgIpc) is 2.60. The molecule has 1 aromatic rings. The largest absolute Gasteiger partial charge is 0.467 e. The molecule has 6 nitrogen and oxygen atoms in total. The van der Waals surface area contributed by atoms with Crippen LogP contribution in [0.2, 0.25) is 0 Å². The van der Waals surface area contributed by atoms with Crippen molar-refractivity contribution < 1.29 is 14.6 Å². The molecule has 0 aliphatic heterocycles. The summed E-state index contributed by atoms with van der Waals surface area (Å²) in [6, 6.07) is -0.571. The lowest BCUT2D eigenvalue weighted by Crippen LogP contribution is -2.27. The van der Waals surface area contributed by atoms with Gasteiger partial charge in [-0.2, -0.15) is 5.10 Å². The highest BCUT2D eigenvalue weighted by Gasteiger charge is 2.28. The van der Waals surface area contributed by atoms with Gasteiger partial charge in [-0.25, -0.2) is 4.79 Å². The lowest BCUT2D eigenvalue weighted by atomic mass is 10.0. The zero-order valence-electron chi connectivity index (χ0n) is 9.43. The second-order valence-electron chi connectivity index (χ2n) is 3.69. The molecule has 1 unspecified atom stereocenters. The third kappa shape index (κ3) is 2.30. The highest BCUT2D eigenvalue weighted by molar-refractivity contribution is 7.71. The molecule has 0 aliphatic carbocycles. The Hall–Kier alpha value is -1.21. The first-order valence-corrected chi connectivity index (χ1v) is 5.28. The van der Waals surface area contributed by atoms with Crippen LogP contribution in [0.5, 0.6) is 0 Å². The average molecular weight is 245 g/mol. The van der Waals surface area contributed by atoms with E-state index in [2.05, 4.69) is 10.2 Å². The van der Waals surface area contributed by atoms with Crippen molar-refractivity contribution in [1.82, 2.24) is 14.8 Å². The summed E-state index contributed by atoms with van der Waals surface area (Å²) in [4.78, 5) is 11.7. The number of aromatic amines is 1. The SMILES string of the molecule is COC(=O)C(C(C)C)n1c(CO)n[nH]c1=S. The number of esters is 1. The smallest absolute Gasteiger partial charge is 0.329 e. The van der Waals surface area contributed by atoms with Gasteiger partial charge >= 0.3 is 5.97 Å². The van der Waals surface area contributed by atoms with Crippen LogP contribution in [0.4, 0.5) is 0 Å². The fraction of sp³-hybridized carbons (Fsp3) is 0.667. The van der Waals surface area contributed by atoms with Crippen LogP contribution in [-0.2, 0) is 16.1 Å². The van der Waals surface area contributed by atoms with E-state index in [4.69, 9.17) is 22.1 Å². The summed E-state index contributed by atoms with van der Waals surface area (Å²) in [5.41, 5.74) is 0. The predicted octanol–water partition coefficient (Wildman–Crippen LogP) is 0.803. The molecule has 7 heteroatoms. The summed E-state index contributed by atoms with van der Waals surface area (Å²) in [5.74, 6) is -0.0849. The van der Waals surface area contributed by atoms with Crippen LogP contribution < -0.4 is 0 Å². The molecule has 0 radical (unpaired) electrons. The van der Waals surface area contributed by atoms with Crippen LogP contribution >= 0.6 is 12.2 Å². The zero-order chi connectivity index (χ0) is 12.3. The standard InChI is InChI=1S/C9H15N3O3S/c1-5(2)7(8(14)15-3)12-6(4-13)10-11-9(12)16/h5,7,13H,4H2,1-3H3,(H,11,16). The van der Waals surface area contributed by atoms with Gasteiger partial charge in [-0.15, -0.1) is 0 Å². The number of hydrogen-bond donors (Lipinski definition) is 2. The first-order valence-electron chi connectivity index (χ1n) is 4.87. The van der Waals surface area contributed by atoms with Gasteiger partial charge in [0.15, 0.2) is 10.6 Å². The van der Waals surface area contributed by atoms with Crippen LogP contribution in [0.3, 0.4) is 0 Å². The number of rotatable bonds is 4. The molecule has 0 aliphatic rings. The minimum Gasteiger partial charge on any atom is -0.467 e. The van der Waals surface area contributed by atoms with E-state index >= 15 is 0 Å². The van der Waals surface area contributed by atoms with Crippen LogP contribution in [0, 0.1) is 10.7 Å². The number of aliphatic hydroxyl groups excluding tert-OH is 1. The molecule has 1 atom stereocenters. The molecule has 0 amide bonds. The maximum atomic E-state index is 11.7. The molecule has 0 bridgehead atoms. The molecule has 0 saturated heterocycles. The molecule has 0 aromatic carbocycles. The third-order valence-electron chi connectivity index (χ3n) is 2.27. The van der Waals surface area contributed by atoms with E-state index in [1.807, 2.05) is 13.8 Å². The van der Waals surface area contributed by atoms with Gasteiger partial charge in [0.2, 0.25) is 0 Å². The van der Waals surface area contributed by atoms with E-state index in [-0.39, 0.29) is 12.5 Å². The highest BCUT2D eigenvalue weighted by atomic mass is 32.1. The molecule has 0 fully saturated rings. The topological polar surface area (TPSA) is 80.1 Å². The number of methoxy groups -OCH3 is 1. The van der Waals surface area contributed by atoms with Crippen LogP contribution in [0.25, 0.3) is 0 Å². The number of ether oxygens (including phenoxy) is 1. The fourth-order valence-corrected chi connectivity index (χ4v) is 1.80. The number of nitrogens with one attached hydrogen (secondary N) is 1. The fourth-order valence-electron chi connectivity index (χ4n) is 1.53. The molecular formula is C9H15N3O3S. The van der Waals surface area contributed by atoms with Crippen molar-refractivity contribution in [2.24, 2.45) is 5.92 Å². The number of carbonyl (C=O) groups excluding carboxylic acids is 1. The zero-order valence-corrected chi connectivity index (χ0v) is 10.2. The Morgan fingerprint density at radius 3 is 2.75 bits per heavy atom. The van der Waals surface area contributed by atoms with Gasteiger partial charge in [0.05, 0.1) is 7.11 Å². The second kappa shape index (κ2) is 5.22. The predicted molar refractivity (Wildman–Crippen MR) is 59.2 cm³/mol. The maximum Gasteiger partial charge on any atom is 0.329 e. The number of aliphatic hydroxyl groups is 1. The first-order chi connectivity index (χ1) is 7.52. The number of aromatic nitrogens is 3. The van der Waals surface area contributed by atoms with Crippen LogP contribution in [-0.4, -0.2) is 33.0 Å². The van der Waals surface area contributed by atoms with Gasteiger partial charge in [-0.05, 0) is 18.1 Å². The third-order valence-corrected chi connectivity index (χ3v) is 2.56. The quantitative estimate of drug-likeness (QED) is 0.606. The Kier molecular flexibility index (Phi) is 4.19. The highest BCUT2D eigenvalue weighted by Crippen LogP contribution is 2.21. The minimum atomic E-state index is -0.571. The Balaban J connectivity index is 3.25. The van der Waals surface area contributed by atoms with Gasteiger partial charge in [-0.3, -0.25) is 9.67 Å². The Labute approximate surface area is 98.2 Å². The summed E-state index contributed by atoms with van der Waals surface area (Å²) < 4.78 is 6.51. The van der Waals surface area contributed by atoms with Crippen LogP contribution in [0.15, 0.2) is 0 Å². The van der Waals surface area contributed by atoms with Crippen LogP contribution in [0.1, 0.15) is 25.7 Å². The van der Waals surface area contributed by atoms with Crippen molar-refractivity contribution in [3.8, 4) is 0 Å². The number of carbonyl (C=O) groups is 1. The van der Waals surface area contributed by atoms with Gasteiger partial charge in [0.25, 0.3) is 0 Å². The van der Waals surface area contributed by atoms with E-state index < -0.39 is 12.0 Å². The summed E-state index contributed by atoms with van der Waals surface area (Å²) in [5, 5.41) is 15.5. The van der Waals surface area contributed by atoms with E-state index in [1.54, 1.807) is 0 Å². The lowest BCUT2D eigenvalue weighted by molar-refractivity contribution is -0.146. The second-order valence-corrected chi connectivity index (χ2v) is 4.07. The molecule has 16 heavy (non-hydrogen) atoms. The van der Waals surface area contributed by atoms with Crippen molar-refractivity contribution >= 4 is 18.2 Å². The van der Waals surface area contributed by atoms with Gasteiger partial charge in [0, 0.05) is 0 Å². The molecule has 1 heterocycles. The van der Waals surface area contributed by atoms with E-state index in [0.29, 0.717) is 10.6 Å². The minimum absolute atomic E-state index is 0.0120. The Bertz CT molecular complexity index is 424. The van der Waals surface area contributed by atoms with Crippen molar-refractivity contribution in [1.29, 1.82) is 0 Å². The van der Waals surface area contributed by atoms with E-state index in [9.17, 15) is 4.79 Å². The normalized spacial score (nSPS) is 12.8. The monoisotopic (exact) mass is 245 g/mol. The first kappa shape index (κ1) is 12.9. The molecular weight excluding hydrogens is 230 g/mol. The molecule has 1 aromatic heterocycles. The van der Waals surface area contributed by atoms with Crippen molar-refractivity contribution in [3.05, 3.63) is 10.6 Å². The summed E-state index contributed by atoms with van der Waals surface area (Å²) in [7, 11) is 1.32. The van der Waals surface area contributed by atoms with E-state index in [1.165, 1.54) is 11.7 Å². The van der Waals surface area contributed by atoms with Crippen molar-refractivity contribution in [2.45, 2.75) is 26.5 Å². The molecule has 1 rings (SSSR count). The summed E-state index contributed by atoms with van der Waals surface area (Å²) in [6.45, 7) is 3.46. The number of nitrogens with zero attached hydrogens (tertiary/aromatic N) is 2. The molecule has 90 valence electrons.